The molecular formula is C20H27N3O3. The molecule has 6 heteroatoms. The highest BCUT2D eigenvalue weighted by Crippen LogP contribution is 2.29. The van der Waals surface area contributed by atoms with Gasteiger partial charge < -0.3 is 19.4 Å². The van der Waals surface area contributed by atoms with E-state index in [-0.39, 0.29) is 5.91 Å². The van der Waals surface area contributed by atoms with Crippen molar-refractivity contribution in [3.63, 3.8) is 0 Å². The van der Waals surface area contributed by atoms with Gasteiger partial charge in [0.15, 0.2) is 5.58 Å². The van der Waals surface area contributed by atoms with Gasteiger partial charge >= 0.3 is 0 Å². The number of rotatable bonds is 5. The van der Waals surface area contributed by atoms with Crippen LogP contribution >= 0.6 is 0 Å². The van der Waals surface area contributed by atoms with Crippen molar-refractivity contribution in [2.24, 2.45) is 5.92 Å². The molecule has 1 unspecified atom stereocenters. The Balaban J connectivity index is 1.39. The van der Waals surface area contributed by atoms with Crippen LogP contribution in [0.1, 0.15) is 44.9 Å². The summed E-state index contributed by atoms with van der Waals surface area (Å²) < 4.78 is 11.2. The minimum Gasteiger partial charge on any atom is -0.497 e. The molecule has 1 amide bonds. The van der Waals surface area contributed by atoms with Crippen LogP contribution in [0.4, 0.5) is 6.01 Å². The maximum absolute atomic E-state index is 12.3. The van der Waals surface area contributed by atoms with Gasteiger partial charge in [-0.1, -0.05) is 12.8 Å². The van der Waals surface area contributed by atoms with E-state index in [2.05, 4.69) is 15.2 Å². The second-order valence-corrected chi connectivity index (χ2v) is 7.54. The summed E-state index contributed by atoms with van der Waals surface area (Å²) in [6.45, 7) is 1.74. The van der Waals surface area contributed by atoms with Crippen molar-refractivity contribution >= 4 is 23.0 Å². The number of anilines is 1. The summed E-state index contributed by atoms with van der Waals surface area (Å²) >= 11 is 0. The second kappa shape index (κ2) is 7.56. The minimum atomic E-state index is 0.200. The lowest BCUT2D eigenvalue weighted by atomic mass is 9.94. The van der Waals surface area contributed by atoms with Gasteiger partial charge in [-0.05, 0) is 43.7 Å². The van der Waals surface area contributed by atoms with E-state index in [9.17, 15) is 4.79 Å². The number of hydrogen-bond donors (Lipinski definition) is 1. The molecule has 1 aromatic heterocycles. The number of benzene rings is 1. The first-order valence-electron chi connectivity index (χ1n) is 9.70. The molecule has 1 aliphatic carbocycles. The zero-order valence-corrected chi connectivity index (χ0v) is 15.4. The van der Waals surface area contributed by atoms with Gasteiger partial charge in [0.25, 0.3) is 6.01 Å². The average molecular weight is 357 g/mol. The van der Waals surface area contributed by atoms with Gasteiger partial charge in [-0.3, -0.25) is 4.79 Å². The lowest BCUT2D eigenvalue weighted by Gasteiger charge is -2.31. The Morgan fingerprint density at radius 1 is 1.31 bits per heavy atom. The summed E-state index contributed by atoms with van der Waals surface area (Å²) in [5.41, 5.74) is 1.57. The van der Waals surface area contributed by atoms with Gasteiger partial charge in [-0.25, -0.2) is 0 Å². The van der Waals surface area contributed by atoms with Gasteiger partial charge in [-0.2, -0.15) is 4.98 Å². The zero-order chi connectivity index (χ0) is 17.9. The highest BCUT2D eigenvalue weighted by atomic mass is 16.5. The van der Waals surface area contributed by atoms with Crippen molar-refractivity contribution in [1.29, 1.82) is 0 Å². The van der Waals surface area contributed by atoms with E-state index in [0.717, 1.165) is 55.6 Å². The number of carbonyl (C=O) groups is 1. The highest BCUT2D eigenvalue weighted by Gasteiger charge is 2.26. The van der Waals surface area contributed by atoms with Crippen LogP contribution in [0.15, 0.2) is 22.6 Å². The Labute approximate surface area is 153 Å². The maximum atomic E-state index is 12.3. The van der Waals surface area contributed by atoms with E-state index in [4.69, 9.17) is 9.15 Å². The topological polar surface area (TPSA) is 67.6 Å². The van der Waals surface area contributed by atoms with E-state index in [0.29, 0.717) is 24.4 Å². The predicted molar refractivity (Wildman–Crippen MR) is 101 cm³/mol. The molecule has 6 nitrogen and oxygen atoms in total. The third-order valence-electron chi connectivity index (χ3n) is 5.57. The number of ether oxygens (including phenoxy) is 1. The molecule has 0 radical (unpaired) electrons. The van der Waals surface area contributed by atoms with Crippen molar-refractivity contribution in [1.82, 2.24) is 10.3 Å². The van der Waals surface area contributed by atoms with E-state index in [1.54, 1.807) is 7.11 Å². The molecule has 1 aliphatic heterocycles. The number of hydrogen-bond acceptors (Lipinski definition) is 5. The van der Waals surface area contributed by atoms with E-state index >= 15 is 0 Å². The zero-order valence-electron chi connectivity index (χ0n) is 15.4. The fourth-order valence-electron chi connectivity index (χ4n) is 4.18. The standard InChI is InChI=1S/C20H27N3O3/c1-25-16-8-9-18-17(12-16)22-20(26-18)23-10-4-5-14(13-23)11-19(24)21-15-6-2-3-7-15/h8-9,12,14-15H,2-7,10-11,13H2,1H3,(H,21,24). The molecule has 0 spiro atoms. The predicted octanol–water partition coefficient (Wildman–Crippen LogP) is 3.50. The summed E-state index contributed by atoms with van der Waals surface area (Å²) in [4.78, 5) is 19.1. The molecule has 26 heavy (non-hydrogen) atoms. The number of carbonyl (C=O) groups excluding carboxylic acids is 1. The molecule has 2 heterocycles. The number of nitrogens with one attached hydrogen (secondary N) is 1. The molecule has 0 bridgehead atoms. The molecular weight excluding hydrogens is 330 g/mol. The van der Waals surface area contributed by atoms with Crippen LogP contribution < -0.4 is 15.0 Å². The average Bonchev–Trinajstić information content (AvgIpc) is 3.30. The van der Waals surface area contributed by atoms with Crippen LogP contribution in [0.25, 0.3) is 11.1 Å². The number of piperidine rings is 1. The van der Waals surface area contributed by atoms with E-state index < -0.39 is 0 Å². The third kappa shape index (κ3) is 3.79. The normalized spacial score (nSPS) is 21.3. The molecule has 1 aromatic carbocycles. The van der Waals surface area contributed by atoms with E-state index in [1.165, 1.54) is 12.8 Å². The maximum Gasteiger partial charge on any atom is 0.298 e. The fraction of sp³-hybridized carbons (Fsp3) is 0.600. The van der Waals surface area contributed by atoms with Crippen LogP contribution in [0, 0.1) is 5.92 Å². The molecule has 1 saturated carbocycles. The first-order chi connectivity index (χ1) is 12.7. The van der Waals surface area contributed by atoms with Crippen molar-refractivity contribution in [2.45, 2.75) is 51.0 Å². The largest absolute Gasteiger partial charge is 0.497 e. The van der Waals surface area contributed by atoms with E-state index in [1.807, 2.05) is 18.2 Å². The van der Waals surface area contributed by atoms with Gasteiger partial charge in [0.2, 0.25) is 5.91 Å². The molecule has 140 valence electrons. The molecule has 1 N–H and O–H groups in total. The van der Waals surface area contributed by atoms with Crippen molar-refractivity contribution < 1.29 is 13.9 Å². The Bertz CT molecular complexity index is 767. The number of aromatic nitrogens is 1. The Hall–Kier alpha value is -2.24. The summed E-state index contributed by atoms with van der Waals surface area (Å²) in [5.74, 6) is 1.33. The van der Waals surface area contributed by atoms with Crippen LogP contribution in [0.5, 0.6) is 5.75 Å². The summed E-state index contributed by atoms with van der Waals surface area (Å²) in [6.07, 6.45) is 7.49. The third-order valence-corrected chi connectivity index (χ3v) is 5.57. The van der Waals surface area contributed by atoms with Crippen LogP contribution in [-0.2, 0) is 4.79 Å². The smallest absolute Gasteiger partial charge is 0.298 e. The number of amides is 1. The molecule has 2 aromatic rings. The van der Waals surface area contributed by atoms with Gasteiger partial charge in [-0.15, -0.1) is 0 Å². The Morgan fingerprint density at radius 2 is 2.15 bits per heavy atom. The fourth-order valence-corrected chi connectivity index (χ4v) is 4.18. The van der Waals surface area contributed by atoms with Crippen LogP contribution in [0.2, 0.25) is 0 Å². The van der Waals surface area contributed by atoms with Gasteiger partial charge in [0.05, 0.1) is 7.11 Å². The van der Waals surface area contributed by atoms with Crippen molar-refractivity contribution in [2.75, 3.05) is 25.1 Å². The second-order valence-electron chi connectivity index (χ2n) is 7.54. The van der Waals surface area contributed by atoms with Gasteiger partial charge in [0.1, 0.15) is 11.3 Å². The minimum absolute atomic E-state index is 0.200. The Morgan fingerprint density at radius 3 is 2.96 bits per heavy atom. The van der Waals surface area contributed by atoms with Crippen molar-refractivity contribution in [3.8, 4) is 5.75 Å². The summed E-state index contributed by atoms with van der Waals surface area (Å²) in [7, 11) is 1.65. The monoisotopic (exact) mass is 357 g/mol. The Kier molecular flexibility index (Phi) is 5.00. The first-order valence-corrected chi connectivity index (χ1v) is 9.70. The number of nitrogens with zero attached hydrogens (tertiary/aromatic N) is 2. The number of methoxy groups -OCH3 is 1. The number of oxazole rings is 1. The highest BCUT2D eigenvalue weighted by molar-refractivity contribution is 5.77. The molecule has 2 aliphatic rings. The molecule has 1 atom stereocenters. The lowest BCUT2D eigenvalue weighted by Crippen LogP contribution is -2.39. The molecule has 1 saturated heterocycles. The van der Waals surface area contributed by atoms with Crippen molar-refractivity contribution in [3.05, 3.63) is 18.2 Å². The van der Waals surface area contributed by atoms with Crippen LogP contribution in [-0.4, -0.2) is 37.1 Å². The lowest BCUT2D eigenvalue weighted by molar-refractivity contribution is -0.122. The SMILES string of the molecule is COc1ccc2oc(N3CCCC(CC(=O)NC4CCCC4)C3)nc2c1. The quantitative estimate of drug-likeness (QED) is 0.887. The van der Waals surface area contributed by atoms with Gasteiger partial charge in [0, 0.05) is 31.6 Å². The summed E-state index contributed by atoms with van der Waals surface area (Å²) in [6, 6.07) is 6.70. The number of fused-ring (bicyclic) bond motifs is 1. The molecule has 2 fully saturated rings. The summed E-state index contributed by atoms with van der Waals surface area (Å²) in [5, 5.41) is 3.20. The molecule has 4 rings (SSSR count). The first kappa shape index (κ1) is 17.2. The van der Waals surface area contributed by atoms with Crippen LogP contribution in [0.3, 0.4) is 0 Å².